The van der Waals surface area contributed by atoms with Crippen LogP contribution in [-0.4, -0.2) is 31.9 Å². The normalized spacial score (nSPS) is 26.5. The fraction of sp³-hybridized carbons (Fsp3) is 0.900. The van der Waals surface area contributed by atoms with Crippen molar-refractivity contribution in [2.24, 2.45) is 11.8 Å². The minimum atomic E-state index is -2.96. The molecule has 0 aromatic carbocycles. The van der Waals surface area contributed by atoms with Crippen LogP contribution in [0, 0.1) is 11.8 Å². The number of amides is 1. The summed E-state index contributed by atoms with van der Waals surface area (Å²) in [6.07, 6.45) is 0.471. The van der Waals surface area contributed by atoms with Gasteiger partial charge in [-0.3, -0.25) is 4.79 Å². The van der Waals surface area contributed by atoms with E-state index in [1.807, 2.05) is 20.8 Å². The Morgan fingerprint density at radius 3 is 2.33 bits per heavy atom. The van der Waals surface area contributed by atoms with Gasteiger partial charge < -0.3 is 5.32 Å². The maximum absolute atomic E-state index is 11.7. The van der Waals surface area contributed by atoms with Crippen molar-refractivity contribution in [2.45, 2.75) is 33.2 Å². The van der Waals surface area contributed by atoms with Crippen molar-refractivity contribution < 1.29 is 13.2 Å². The molecule has 1 rings (SSSR count). The summed E-state index contributed by atoms with van der Waals surface area (Å²) in [6, 6.07) is 0.0980. The smallest absolute Gasteiger partial charge is 0.224 e. The Bertz CT molecular complexity index is 335. The van der Waals surface area contributed by atoms with Gasteiger partial charge in [0.2, 0.25) is 5.91 Å². The van der Waals surface area contributed by atoms with Crippen LogP contribution in [0.4, 0.5) is 0 Å². The zero-order valence-electron chi connectivity index (χ0n) is 9.49. The summed E-state index contributed by atoms with van der Waals surface area (Å²) in [5.41, 5.74) is 0. The Balaban J connectivity index is 2.49. The van der Waals surface area contributed by atoms with Gasteiger partial charge in [0.15, 0.2) is 9.84 Å². The van der Waals surface area contributed by atoms with E-state index in [1.54, 1.807) is 0 Å². The third-order valence-electron chi connectivity index (χ3n) is 2.97. The van der Waals surface area contributed by atoms with Gasteiger partial charge in [0.05, 0.1) is 17.4 Å². The third kappa shape index (κ3) is 3.48. The molecule has 5 heteroatoms. The van der Waals surface area contributed by atoms with E-state index in [0.717, 1.165) is 0 Å². The highest BCUT2D eigenvalue weighted by molar-refractivity contribution is 7.91. The molecular weight excluding hydrogens is 214 g/mol. The van der Waals surface area contributed by atoms with E-state index in [2.05, 4.69) is 5.32 Å². The molecule has 0 aromatic heterocycles. The second-order valence-electron chi connectivity index (χ2n) is 4.64. The van der Waals surface area contributed by atoms with Crippen LogP contribution in [-0.2, 0) is 14.6 Å². The Hall–Kier alpha value is -0.580. The average Bonchev–Trinajstić information content (AvgIpc) is 2.45. The van der Waals surface area contributed by atoms with Gasteiger partial charge in [-0.2, -0.15) is 0 Å². The van der Waals surface area contributed by atoms with Crippen LogP contribution in [0.5, 0.6) is 0 Å². The summed E-state index contributed by atoms with van der Waals surface area (Å²) < 4.78 is 22.4. The van der Waals surface area contributed by atoms with Gasteiger partial charge in [-0.15, -0.1) is 0 Å². The lowest BCUT2D eigenvalue weighted by Crippen LogP contribution is -2.40. The van der Waals surface area contributed by atoms with Crippen LogP contribution in [0.2, 0.25) is 0 Å². The zero-order chi connectivity index (χ0) is 11.6. The minimum Gasteiger partial charge on any atom is -0.353 e. The quantitative estimate of drug-likeness (QED) is 0.775. The summed E-state index contributed by atoms with van der Waals surface area (Å²) >= 11 is 0. The minimum absolute atomic E-state index is 0.0175. The van der Waals surface area contributed by atoms with Gasteiger partial charge >= 0.3 is 0 Å². The molecule has 1 aliphatic rings. The lowest BCUT2D eigenvalue weighted by Gasteiger charge is -2.19. The molecule has 1 saturated heterocycles. The summed E-state index contributed by atoms with van der Waals surface area (Å²) in [7, 11) is -2.96. The predicted octanol–water partition coefficient (Wildman–Crippen LogP) is 0.582. The van der Waals surface area contributed by atoms with Crippen molar-refractivity contribution in [1.29, 1.82) is 0 Å². The van der Waals surface area contributed by atoms with Crippen LogP contribution in [0.3, 0.4) is 0 Å². The fourth-order valence-electron chi connectivity index (χ4n) is 1.51. The van der Waals surface area contributed by atoms with E-state index in [4.69, 9.17) is 0 Å². The van der Waals surface area contributed by atoms with E-state index in [1.165, 1.54) is 0 Å². The molecule has 1 fully saturated rings. The molecule has 0 spiro atoms. The van der Waals surface area contributed by atoms with E-state index in [9.17, 15) is 13.2 Å². The largest absolute Gasteiger partial charge is 0.353 e. The average molecular weight is 233 g/mol. The summed E-state index contributed by atoms with van der Waals surface area (Å²) in [6.45, 7) is 5.98. The standard InChI is InChI=1S/C10H19NO3S/c1-7(2)8(3)11-10(12)9-4-5-15(13,14)6-9/h7-9H,4-6H2,1-3H3,(H,11,12). The number of rotatable bonds is 3. The van der Waals surface area contributed by atoms with Crippen LogP contribution < -0.4 is 5.32 Å². The van der Waals surface area contributed by atoms with Gasteiger partial charge in [-0.25, -0.2) is 8.42 Å². The van der Waals surface area contributed by atoms with Gasteiger partial charge in [-0.05, 0) is 19.3 Å². The summed E-state index contributed by atoms with van der Waals surface area (Å²) in [5, 5.41) is 2.86. The molecule has 0 saturated carbocycles. The first kappa shape index (κ1) is 12.5. The highest BCUT2D eigenvalue weighted by Gasteiger charge is 2.33. The first-order valence-corrected chi connectivity index (χ1v) is 7.15. The van der Waals surface area contributed by atoms with Gasteiger partial charge in [-0.1, -0.05) is 13.8 Å². The van der Waals surface area contributed by atoms with Gasteiger partial charge in [0.1, 0.15) is 0 Å². The lowest BCUT2D eigenvalue weighted by atomic mass is 10.0. The van der Waals surface area contributed by atoms with E-state index in [-0.39, 0.29) is 29.4 Å². The number of nitrogens with one attached hydrogen (secondary N) is 1. The fourth-order valence-corrected chi connectivity index (χ4v) is 3.25. The van der Waals surface area contributed by atoms with Crippen molar-refractivity contribution in [3.05, 3.63) is 0 Å². The molecule has 1 aliphatic heterocycles. The Morgan fingerprint density at radius 1 is 1.33 bits per heavy atom. The molecule has 1 N–H and O–H groups in total. The molecule has 1 amide bonds. The second-order valence-corrected chi connectivity index (χ2v) is 6.87. The number of hydrogen-bond donors (Lipinski definition) is 1. The maximum atomic E-state index is 11.7. The number of carbonyl (C=O) groups is 1. The predicted molar refractivity (Wildman–Crippen MR) is 59.2 cm³/mol. The first-order chi connectivity index (χ1) is 6.82. The number of sulfone groups is 1. The monoisotopic (exact) mass is 233 g/mol. The molecule has 1 heterocycles. The Labute approximate surface area is 91.4 Å². The maximum Gasteiger partial charge on any atom is 0.224 e. The van der Waals surface area contributed by atoms with Crippen molar-refractivity contribution >= 4 is 15.7 Å². The zero-order valence-corrected chi connectivity index (χ0v) is 10.3. The molecule has 2 atom stereocenters. The molecule has 4 nitrogen and oxygen atoms in total. The van der Waals surface area contributed by atoms with Crippen LogP contribution in [0.15, 0.2) is 0 Å². The first-order valence-electron chi connectivity index (χ1n) is 5.32. The molecule has 0 aromatic rings. The molecule has 0 bridgehead atoms. The van der Waals surface area contributed by atoms with Crippen molar-refractivity contribution in [3.63, 3.8) is 0 Å². The van der Waals surface area contributed by atoms with Crippen molar-refractivity contribution in [2.75, 3.05) is 11.5 Å². The van der Waals surface area contributed by atoms with Crippen LogP contribution in [0.25, 0.3) is 0 Å². The van der Waals surface area contributed by atoms with Crippen molar-refractivity contribution in [1.82, 2.24) is 5.32 Å². The molecule has 88 valence electrons. The topological polar surface area (TPSA) is 63.2 Å². The van der Waals surface area contributed by atoms with Gasteiger partial charge in [0.25, 0.3) is 0 Å². The van der Waals surface area contributed by atoms with Crippen LogP contribution in [0.1, 0.15) is 27.2 Å². The van der Waals surface area contributed by atoms with E-state index in [0.29, 0.717) is 12.3 Å². The Kier molecular flexibility index (Phi) is 3.76. The molecular formula is C10H19NO3S. The van der Waals surface area contributed by atoms with E-state index < -0.39 is 9.84 Å². The lowest BCUT2D eigenvalue weighted by molar-refractivity contribution is -0.125. The second kappa shape index (κ2) is 4.51. The summed E-state index contributed by atoms with van der Waals surface area (Å²) in [5.74, 6) is 0.0885. The SMILES string of the molecule is CC(C)C(C)NC(=O)C1CCS(=O)(=O)C1. The molecule has 0 aliphatic carbocycles. The highest BCUT2D eigenvalue weighted by Crippen LogP contribution is 2.18. The highest BCUT2D eigenvalue weighted by atomic mass is 32.2. The third-order valence-corrected chi connectivity index (χ3v) is 4.74. The number of carbonyl (C=O) groups excluding carboxylic acids is 1. The van der Waals surface area contributed by atoms with Crippen molar-refractivity contribution in [3.8, 4) is 0 Å². The molecule has 2 unspecified atom stereocenters. The molecule has 0 radical (unpaired) electrons. The van der Waals surface area contributed by atoms with E-state index >= 15 is 0 Å². The van der Waals surface area contributed by atoms with Crippen LogP contribution >= 0.6 is 0 Å². The molecule has 15 heavy (non-hydrogen) atoms. The Morgan fingerprint density at radius 2 is 1.93 bits per heavy atom. The number of hydrogen-bond acceptors (Lipinski definition) is 3. The summed E-state index contributed by atoms with van der Waals surface area (Å²) in [4.78, 5) is 11.7. The van der Waals surface area contributed by atoms with Gasteiger partial charge in [0, 0.05) is 6.04 Å².